The number of anilines is 1. The van der Waals surface area contributed by atoms with Crippen molar-refractivity contribution in [2.75, 3.05) is 31.1 Å². The second kappa shape index (κ2) is 9.06. The van der Waals surface area contributed by atoms with E-state index in [1.807, 2.05) is 4.90 Å². The van der Waals surface area contributed by atoms with Crippen LogP contribution in [0.5, 0.6) is 0 Å². The van der Waals surface area contributed by atoms with Gasteiger partial charge in [-0.3, -0.25) is 4.79 Å². The number of carbonyl (C=O) groups is 1. The molecule has 32 heavy (non-hydrogen) atoms. The van der Waals surface area contributed by atoms with Gasteiger partial charge in [-0.25, -0.2) is 15.0 Å². The molecule has 2 aromatic heterocycles. The lowest BCUT2D eigenvalue weighted by atomic mass is 10.0. The maximum absolute atomic E-state index is 13.5. The van der Waals surface area contributed by atoms with Crippen molar-refractivity contribution < 1.29 is 18.0 Å². The van der Waals surface area contributed by atoms with Crippen molar-refractivity contribution in [3.05, 3.63) is 83.4 Å². The number of rotatable bonds is 2. The number of aromatic nitrogens is 3. The van der Waals surface area contributed by atoms with Gasteiger partial charge in [-0.2, -0.15) is 13.2 Å². The predicted molar refractivity (Wildman–Crippen MR) is 112 cm³/mol. The van der Waals surface area contributed by atoms with E-state index in [1.54, 1.807) is 41.6 Å². The summed E-state index contributed by atoms with van der Waals surface area (Å²) in [5.41, 5.74) is -0.641. The minimum absolute atomic E-state index is 0.160. The van der Waals surface area contributed by atoms with Crippen LogP contribution in [-0.2, 0) is 6.18 Å². The van der Waals surface area contributed by atoms with Crippen molar-refractivity contribution in [2.24, 2.45) is 0 Å². The molecule has 0 saturated carbocycles. The minimum Gasteiger partial charge on any atom is -0.337 e. The van der Waals surface area contributed by atoms with Crippen molar-refractivity contribution in [1.82, 2.24) is 19.9 Å². The van der Waals surface area contributed by atoms with Crippen molar-refractivity contribution in [3.8, 4) is 11.8 Å². The molecule has 9 heteroatoms. The first-order valence-corrected chi connectivity index (χ1v) is 9.87. The van der Waals surface area contributed by atoms with Crippen molar-refractivity contribution in [3.63, 3.8) is 0 Å². The fourth-order valence-electron chi connectivity index (χ4n) is 3.34. The van der Waals surface area contributed by atoms with Gasteiger partial charge in [-0.15, -0.1) is 0 Å². The smallest absolute Gasteiger partial charge is 0.337 e. The van der Waals surface area contributed by atoms with E-state index in [4.69, 9.17) is 0 Å². The van der Waals surface area contributed by atoms with Crippen LogP contribution in [0, 0.1) is 11.8 Å². The molecule has 1 fully saturated rings. The molecule has 0 aliphatic carbocycles. The average Bonchev–Trinajstić information content (AvgIpc) is 2.83. The summed E-state index contributed by atoms with van der Waals surface area (Å²) in [6.45, 7) is 1.88. The molecule has 1 aromatic carbocycles. The van der Waals surface area contributed by atoms with Crippen LogP contribution in [0.2, 0.25) is 0 Å². The van der Waals surface area contributed by atoms with Crippen molar-refractivity contribution in [2.45, 2.75) is 6.18 Å². The van der Waals surface area contributed by atoms with Crippen LogP contribution < -0.4 is 4.90 Å². The first kappa shape index (κ1) is 21.3. The van der Waals surface area contributed by atoms with Gasteiger partial charge in [-0.1, -0.05) is 12.0 Å². The molecule has 1 aliphatic rings. The van der Waals surface area contributed by atoms with Gasteiger partial charge >= 0.3 is 6.18 Å². The van der Waals surface area contributed by atoms with E-state index in [-0.39, 0.29) is 17.0 Å². The standard InChI is InChI=1S/C23H18F3N5O/c24-23(25,26)20-8-6-18(16-17(20)5-7-19-4-1-2-9-27-19)21(32)30-12-14-31(15-13-30)22-28-10-3-11-29-22/h1-4,6,8-11,16H,12-15H2. The average molecular weight is 437 g/mol. The molecule has 0 unspecified atom stereocenters. The van der Waals surface area contributed by atoms with Crippen molar-refractivity contribution >= 4 is 11.9 Å². The SMILES string of the molecule is O=C(c1ccc(C(F)(F)F)c(C#Cc2ccccn2)c1)N1CCN(c2ncccn2)CC1. The van der Waals surface area contributed by atoms with Gasteiger partial charge in [0, 0.05) is 55.9 Å². The van der Waals surface area contributed by atoms with E-state index in [9.17, 15) is 18.0 Å². The normalized spacial score (nSPS) is 14.0. The van der Waals surface area contributed by atoms with E-state index >= 15 is 0 Å². The number of hydrogen-bond acceptors (Lipinski definition) is 5. The number of pyridine rings is 1. The number of nitrogens with zero attached hydrogens (tertiary/aromatic N) is 5. The molecule has 4 rings (SSSR count). The summed E-state index contributed by atoms with van der Waals surface area (Å²) in [6.07, 6.45) is 0.219. The molecule has 3 aromatic rings. The summed E-state index contributed by atoms with van der Waals surface area (Å²) >= 11 is 0. The topological polar surface area (TPSA) is 62.2 Å². The lowest BCUT2D eigenvalue weighted by Crippen LogP contribution is -2.49. The molecule has 162 valence electrons. The Morgan fingerprint density at radius 3 is 2.25 bits per heavy atom. The van der Waals surface area contributed by atoms with Crippen molar-refractivity contribution in [1.29, 1.82) is 0 Å². The third-order valence-electron chi connectivity index (χ3n) is 4.96. The number of benzene rings is 1. The predicted octanol–water partition coefficient (Wildman–Crippen LogP) is 3.25. The Balaban J connectivity index is 1.55. The van der Waals surface area contributed by atoms with Gasteiger partial charge in [0.2, 0.25) is 5.95 Å². The second-order valence-corrected chi connectivity index (χ2v) is 7.05. The van der Waals surface area contributed by atoms with Gasteiger partial charge in [0.05, 0.1) is 5.56 Å². The Hall–Kier alpha value is -3.93. The number of alkyl halides is 3. The molecule has 3 heterocycles. The number of halogens is 3. The lowest BCUT2D eigenvalue weighted by molar-refractivity contribution is -0.137. The van der Waals surface area contributed by atoms with Gasteiger partial charge in [0.15, 0.2) is 0 Å². The van der Waals surface area contributed by atoms with E-state index in [0.717, 1.165) is 6.07 Å². The zero-order valence-electron chi connectivity index (χ0n) is 16.9. The van der Waals surface area contributed by atoms with Gasteiger partial charge in [0.25, 0.3) is 5.91 Å². The Labute approximate surface area is 182 Å². The highest BCUT2D eigenvalue weighted by Gasteiger charge is 2.34. The van der Waals surface area contributed by atoms with Gasteiger partial charge < -0.3 is 9.80 Å². The molecule has 6 nitrogen and oxygen atoms in total. The largest absolute Gasteiger partial charge is 0.417 e. The molecule has 1 saturated heterocycles. The lowest BCUT2D eigenvalue weighted by Gasteiger charge is -2.34. The van der Waals surface area contributed by atoms with Crippen LogP contribution in [0.3, 0.4) is 0 Å². The summed E-state index contributed by atoms with van der Waals surface area (Å²) < 4.78 is 40.4. The quantitative estimate of drug-likeness (QED) is 0.576. The Morgan fingerprint density at radius 1 is 0.875 bits per heavy atom. The van der Waals surface area contributed by atoms with Crippen LogP contribution in [0.15, 0.2) is 61.1 Å². The van der Waals surface area contributed by atoms with Gasteiger partial charge in [0.1, 0.15) is 5.69 Å². The van der Waals surface area contributed by atoms with E-state index in [1.165, 1.54) is 18.3 Å². The monoisotopic (exact) mass is 437 g/mol. The van der Waals surface area contributed by atoms with E-state index in [2.05, 4.69) is 26.8 Å². The fraction of sp³-hybridized carbons (Fsp3) is 0.217. The van der Waals surface area contributed by atoms with Gasteiger partial charge in [-0.05, 0) is 42.3 Å². The molecule has 0 radical (unpaired) electrons. The summed E-state index contributed by atoms with van der Waals surface area (Å²) in [6, 6.07) is 10.0. The van der Waals surface area contributed by atoms with Crippen LogP contribution >= 0.6 is 0 Å². The number of piperazine rings is 1. The molecule has 0 bridgehead atoms. The summed E-state index contributed by atoms with van der Waals surface area (Å²) in [5.74, 6) is 5.42. The molecule has 0 spiro atoms. The van der Waals surface area contributed by atoms with E-state index < -0.39 is 11.7 Å². The van der Waals surface area contributed by atoms with Crippen LogP contribution in [0.4, 0.5) is 19.1 Å². The molecule has 0 atom stereocenters. The zero-order chi connectivity index (χ0) is 22.6. The zero-order valence-corrected chi connectivity index (χ0v) is 16.9. The third-order valence-corrected chi connectivity index (χ3v) is 4.96. The van der Waals surface area contributed by atoms with E-state index in [0.29, 0.717) is 37.8 Å². The highest BCUT2D eigenvalue weighted by molar-refractivity contribution is 5.95. The highest BCUT2D eigenvalue weighted by atomic mass is 19.4. The first-order valence-electron chi connectivity index (χ1n) is 9.87. The maximum Gasteiger partial charge on any atom is 0.417 e. The van der Waals surface area contributed by atoms with Crippen LogP contribution in [-0.4, -0.2) is 51.9 Å². The molecule has 1 aliphatic heterocycles. The van der Waals surface area contributed by atoms with Crippen LogP contribution in [0.25, 0.3) is 0 Å². The maximum atomic E-state index is 13.5. The molecular formula is C23H18F3N5O. The van der Waals surface area contributed by atoms with Crippen LogP contribution in [0.1, 0.15) is 27.2 Å². The number of amides is 1. The highest BCUT2D eigenvalue weighted by Crippen LogP contribution is 2.32. The summed E-state index contributed by atoms with van der Waals surface area (Å²) in [7, 11) is 0. The second-order valence-electron chi connectivity index (χ2n) is 7.05. The number of carbonyl (C=O) groups excluding carboxylic acids is 1. The third kappa shape index (κ3) is 4.86. The Morgan fingerprint density at radius 2 is 1.59 bits per heavy atom. The molecule has 1 amide bonds. The Kier molecular flexibility index (Phi) is 6.03. The Bertz CT molecular complexity index is 1150. The molecular weight excluding hydrogens is 419 g/mol. The first-order chi connectivity index (χ1) is 15.4. The fourth-order valence-corrected chi connectivity index (χ4v) is 3.34. The summed E-state index contributed by atoms with van der Waals surface area (Å²) in [4.78, 5) is 28.9. The minimum atomic E-state index is -4.59. The molecule has 0 N–H and O–H groups in total. The summed E-state index contributed by atoms with van der Waals surface area (Å²) in [5, 5.41) is 0. The number of hydrogen-bond donors (Lipinski definition) is 0.